The molecule has 0 aromatic carbocycles. The van der Waals surface area contributed by atoms with Crippen molar-refractivity contribution >= 4 is 0 Å². The molecule has 1 fully saturated rings. The number of hydrogen-bond acceptors (Lipinski definition) is 5. The molecule has 1 aliphatic rings. The molecule has 86 valence electrons. The van der Waals surface area contributed by atoms with Crippen LogP contribution >= 0.6 is 0 Å². The predicted molar refractivity (Wildman–Crippen MR) is 54.3 cm³/mol. The van der Waals surface area contributed by atoms with Gasteiger partial charge < -0.3 is 14.6 Å². The largest absolute Gasteiger partial charge is 0.389 e. The molecule has 0 bridgehead atoms. The first-order valence-corrected chi connectivity index (χ1v) is 5.25. The number of aliphatic hydroxyl groups is 1. The van der Waals surface area contributed by atoms with E-state index in [4.69, 9.17) is 14.7 Å². The van der Waals surface area contributed by atoms with Crippen LogP contribution in [0.4, 0.5) is 0 Å². The maximum absolute atomic E-state index is 9.60. The van der Waals surface area contributed by atoms with Gasteiger partial charge in [-0.3, -0.25) is 4.90 Å². The summed E-state index contributed by atoms with van der Waals surface area (Å²) in [5.74, 6) is 0. The first-order valence-electron chi connectivity index (χ1n) is 5.25. The van der Waals surface area contributed by atoms with E-state index in [0.717, 1.165) is 6.54 Å². The summed E-state index contributed by atoms with van der Waals surface area (Å²) in [6.45, 7) is 5.29. The van der Waals surface area contributed by atoms with E-state index < -0.39 is 6.10 Å². The van der Waals surface area contributed by atoms with Crippen molar-refractivity contribution in [1.82, 2.24) is 4.90 Å². The molecular weight excluding hydrogens is 196 g/mol. The summed E-state index contributed by atoms with van der Waals surface area (Å²) in [6, 6.07) is 2.07. The van der Waals surface area contributed by atoms with E-state index in [0.29, 0.717) is 32.9 Å². The number of β-amino-alcohol motifs (C(OH)–C–C–N with tert-alkyl or cyclic N) is 1. The van der Waals surface area contributed by atoms with Crippen molar-refractivity contribution in [2.75, 3.05) is 39.5 Å². The molecule has 1 heterocycles. The number of morpholine rings is 1. The van der Waals surface area contributed by atoms with Crippen molar-refractivity contribution in [2.24, 2.45) is 0 Å². The van der Waals surface area contributed by atoms with E-state index in [1.165, 1.54) is 0 Å². The fraction of sp³-hybridized carbons (Fsp3) is 0.900. The minimum atomic E-state index is -0.484. The quantitative estimate of drug-likeness (QED) is 0.675. The Kier molecular flexibility index (Phi) is 5.58. The van der Waals surface area contributed by atoms with Gasteiger partial charge in [0, 0.05) is 26.2 Å². The zero-order valence-electron chi connectivity index (χ0n) is 9.06. The average Bonchev–Trinajstić information content (AvgIpc) is 2.26. The molecule has 5 nitrogen and oxygen atoms in total. The second kappa shape index (κ2) is 6.75. The molecular formula is C10H18N2O3. The summed E-state index contributed by atoms with van der Waals surface area (Å²) >= 11 is 0. The Morgan fingerprint density at radius 2 is 2.53 bits per heavy atom. The van der Waals surface area contributed by atoms with E-state index in [1.807, 2.05) is 11.8 Å². The highest BCUT2D eigenvalue weighted by molar-refractivity contribution is 4.89. The van der Waals surface area contributed by atoms with E-state index in [-0.39, 0.29) is 6.10 Å². The van der Waals surface area contributed by atoms with Gasteiger partial charge in [0.1, 0.15) is 0 Å². The Bertz CT molecular complexity index is 217. The summed E-state index contributed by atoms with van der Waals surface area (Å²) in [5, 5.41) is 18.3. The van der Waals surface area contributed by atoms with Gasteiger partial charge in [0.05, 0.1) is 25.4 Å². The molecule has 5 heteroatoms. The number of rotatable bonds is 5. The fourth-order valence-electron chi connectivity index (χ4n) is 1.55. The second-order valence-electron chi connectivity index (χ2n) is 3.56. The number of nitrogens with zero attached hydrogens (tertiary/aromatic N) is 2. The molecule has 15 heavy (non-hydrogen) atoms. The predicted octanol–water partition coefficient (Wildman–Crippen LogP) is -0.392. The lowest BCUT2D eigenvalue weighted by Crippen LogP contribution is -2.45. The standard InChI is InChI=1S/C10H18N2O3/c1-2-14-8-9(13)6-12-3-4-15-10(5-11)7-12/h9-10,13H,2-4,6-8H2,1H3. The number of ether oxygens (including phenoxy) is 2. The van der Waals surface area contributed by atoms with Crippen molar-refractivity contribution in [3.63, 3.8) is 0 Å². The molecule has 0 amide bonds. The molecule has 1 rings (SSSR count). The molecule has 0 aliphatic carbocycles. The van der Waals surface area contributed by atoms with Gasteiger partial charge in [0.15, 0.2) is 6.10 Å². The summed E-state index contributed by atoms with van der Waals surface area (Å²) in [4.78, 5) is 2.03. The highest BCUT2D eigenvalue weighted by Crippen LogP contribution is 2.05. The van der Waals surface area contributed by atoms with E-state index in [9.17, 15) is 5.11 Å². The third-order valence-electron chi connectivity index (χ3n) is 2.28. The van der Waals surface area contributed by atoms with Crippen molar-refractivity contribution in [3.8, 4) is 6.07 Å². The van der Waals surface area contributed by atoms with Gasteiger partial charge in [-0.1, -0.05) is 0 Å². The number of nitriles is 1. The maximum Gasteiger partial charge on any atom is 0.156 e. The Morgan fingerprint density at radius 1 is 1.73 bits per heavy atom. The third-order valence-corrected chi connectivity index (χ3v) is 2.28. The van der Waals surface area contributed by atoms with Crippen LogP contribution in [0.15, 0.2) is 0 Å². The zero-order valence-corrected chi connectivity index (χ0v) is 9.06. The highest BCUT2D eigenvalue weighted by Gasteiger charge is 2.21. The van der Waals surface area contributed by atoms with Gasteiger partial charge in [0.25, 0.3) is 0 Å². The second-order valence-corrected chi connectivity index (χ2v) is 3.56. The van der Waals surface area contributed by atoms with Crippen LogP contribution in [0.3, 0.4) is 0 Å². The minimum Gasteiger partial charge on any atom is -0.389 e. The van der Waals surface area contributed by atoms with Crippen LogP contribution in [-0.2, 0) is 9.47 Å². The first kappa shape index (κ1) is 12.4. The molecule has 2 unspecified atom stereocenters. The van der Waals surface area contributed by atoms with Gasteiger partial charge >= 0.3 is 0 Å². The molecule has 0 radical (unpaired) electrons. The molecule has 0 saturated carbocycles. The van der Waals surface area contributed by atoms with Crippen molar-refractivity contribution in [2.45, 2.75) is 19.1 Å². The lowest BCUT2D eigenvalue weighted by Gasteiger charge is -2.30. The van der Waals surface area contributed by atoms with Crippen LogP contribution in [0, 0.1) is 11.3 Å². The van der Waals surface area contributed by atoms with Crippen molar-refractivity contribution < 1.29 is 14.6 Å². The summed E-state index contributed by atoms with van der Waals surface area (Å²) in [7, 11) is 0. The molecule has 0 aromatic heterocycles. The Morgan fingerprint density at radius 3 is 3.20 bits per heavy atom. The lowest BCUT2D eigenvalue weighted by molar-refractivity contribution is -0.0312. The van der Waals surface area contributed by atoms with Gasteiger partial charge in [-0.15, -0.1) is 0 Å². The Balaban J connectivity index is 2.22. The molecule has 1 aliphatic heterocycles. The molecule has 1 saturated heterocycles. The fourth-order valence-corrected chi connectivity index (χ4v) is 1.55. The van der Waals surface area contributed by atoms with Crippen LogP contribution in [0.5, 0.6) is 0 Å². The lowest BCUT2D eigenvalue weighted by atomic mass is 10.2. The Labute approximate surface area is 90.2 Å². The van der Waals surface area contributed by atoms with E-state index in [1.54, 1.807) is 0 Å². The van der Waals surface area contributed by atoms with E-state index in [2.05, 4.69) is 6.07 Å². The summed E-state index contributed by atoms with van der Waals surface area (Å²) in [6.07, 6.45) is -0.847. The van der Waals surface area contributed by atoms with Gasteiger partial charge in [0.2, 0.25) is 0 Å². The first-order chi connectivity index (χ1) is 7.26. The maximum atomic E-state index is 9.60. The topological polar surface area (TPSA) is 65.7 Å². The summed E-state index contributed by atoms with van der Waals surface area (Å²) < 4.78 is 10.3. The normalized spacial score (nSPS) is 24.7. The third kappa shape index (κ3) is 4.58. The number of aliphatic hydroxyl groups excluding tert-OH is 1. The SMILES string of the molecule is CCOCC(O)CN1CCOC(C#N)C1. The number of hydrogen-bond donors (Lipinski definition) is 1. The molecule has 2 atom stereocenters. The minimum absolute atomic E-state index is 0.352. The molecule has 0 spiro atoms. The van der Waals surface area contributed by atoms with Crippen LogP contribution in [-0.4, -0.2) is 61.7 Å². The molecule has 1 N–H and O–H groups in total. The zero-order chi connectivity index (χ0) is 11.1. The van der Waals surface area contributed by atoms with Gasteiger partial charge in [-0.2, -0.15) is 5.26 Å². The van der Waals surface area contributed by atoms with Gasteiger partial charge in [-0.25, -0.2) is 0 Å². The van der Waals surface area contributed by atoms with Crippen LogP contribution in [0.2, 0.25) is 0 Å². The summed E-state index contributed by atoms with van der Waals surface area (Å²) in [5.41, 5.74) is 0. The smallest absolute Gasteiger partial charge is 0.156 e. The monoisotopic (exact) mass is 214 g/mol. The van der Waals surface area contributed by atoms with Crippen LogP contribution in [0.1, 0.15) is 6.92 Å². The molecule has 0 aromatic rings. The van der Waals surface area contributed by atoms with Crippen LogP contribution in [0.25, 0.3) is 0 Å². The average molecular weight is 214 g/mol. The Hall–Kier alpha value is -0.670. The van der Waals surface area contributed by atoms with E-state index >= 15 is 0 Å². The van der Waals surface area contributed by atoms with Crippen molar-refractivity contribution in [3.05, 3.63) is 0 Å². The van der Waals surface area contributed by atoms with Crippen molar-refractivity contribution in [1.29, 1.82) is 5.26 Å². The highest BCUT2D eigenvalue weighted by atomic mass is 16.5. The van der Waals surface area contributed by atoms with Gasteiger partial charge in [-0.05, 0) is 6.92 Å². The van der Waals surface area contributed by atoms with Crippen LogP contribution < -0.4 is 0 Å².